The lowest BCUT2D eigenvalue weighted by molar-refractivity contribution is 0.384. The highest BCUT2D eigenvalue weighted by Crippen LogP contribution is 2.74. The van der Waals surface area contributed by atoms with Crippen LogP contribution in [0.2, 0.25) is 5.02 Å². The fourth-order valence-electron chi connectivity index (χ4n) is 7.40. The summed E-state index contributed by atoms with van der Waals surface area (Å²) in [5.41, 5.74) is 11.2. The Kier molecular flexibility index (Phi) is 5.17. The van der Waals surface area contributed by atoms with Gasteiger partial charge in [-0.3, -0.25) is 0 Å². The van der Waals surface area contributed by atoms with E-state index in [1.165, 1.54) is 60.8 Å². The lowest BCUT2D eigenvalue weighted by Crippen LogP contribution is -2.26. The Balaban J connectivity index is 1.73. The van der Waals surface area contributed by atoms with E-state index in [1.54, 1.807) is 16.7 Å². The summed E-state index contributed by atoms with van der Waals surface area (Å²) in [7, 11) is 0. The summed E-state index contributed by atoms with van der Waals surface area (Å²) in [4.78, 5) is 0. The molecule has 0 amide bonds. The lowest BCUT2D eigenvalue weighted by atomic mass is 9.69. The fourth-order valence-corrected chi connectivity index (χ4v) is 7.57. The summed E-state index contributed by atoms with van der Waals surface area (Å²) >= 11 is 6.54. The van der Waals surface area contributed by atoms with Gasteiger partial charge >= 0.3 is 0 Å². The SMILES string of the molecule is C/C=C(C1=C(C2CCCCC2)C2C[C@@]23C(=C1)C(C)(C)c1ccc(Cl)cc13)\C(C)=C/CC. The molecule has 2 atom stereocenters. The maximum atomic E-state index is 6.54. The van der Waals surface area contributed by atoms with Gasteiger partial charge in [-0.2, -0.15) is 0 Å². The van der Waals surface area contributed by atoms with E-state index in [4.69, 9.17) is 11.6 Å². The van der Waals surface area contributed by atoms with Gasteiger partial charge in [-0.05, 0) is 96.9 Å². The van der Waals surface area contributed by atoms with Crippen LogP contribution in [0, 0.1) is 11.8 Å². The number of fused-ring (bicyclic) bond motifs is 1. The molecule has 0 heterocycles. The van der Waals surface area contributed by atoms with Crippen LogP contribution in [0.25, 0.3) is 0 Å². The van der Waals surface area contributed by atoms with Crippen molar-refractivity contribution in [3.05, 3.63) is 80.4 Å². The van der Waals surface area contributed by atoms with Crippen LogP contribution >= 0.6 is 11.6 Å². The molecule has 1 spiro atoms. The maximum absolute atomic E-state index is 6.54. The summed E-state index contributed by atoms with van der Waals surface area (Å²) in [6, 6.07) is 6.69. The monoisotopic (exact) mass is 432 g/mol. The van der Waals surface area contributed by atoms with Crippen molar-refractivity contribution in [2.75, 3.05) is 0 Å². The molecule has 0 aliphatic heterocycles. The van der Waals surface area contributed by atoms with E-state index in [2.05, 4.69) is 71.0 Å². The predicted octanol–water partition coefficient (Wildman–Crippen LogP) is 9.01. The quantitative estimate of drug-likeness (QED) is 0.416. The molecule has 2 saturated carbocycles. The number of hydrogen-bond acceptors (Lipinski definition) is 0. The predicted molar refractivity (Wildman–Crippen MR) is 134 cm³/mol. The minimum atomic E-state index is 0.0687. The molecule has 1 unspecified atom stereocenters. The molecule has 1 heteroatoms. The Morgan fingerprint density at radius 3 is 2.55 bits per heavy atom. The average Bonchev–Trinajstić information content (AvgIpc) is 3.47. The summed E-state index contributed by atoms with van der Waals surface area (Å²) in [5.74, 6) is 1.41. The minimum absolute atomic E-state index is 0.0687. The smallest absolute Gasteiger partial charge is 0.0409 e. The van der Waals surface area contributed by atoms with Crippen molar-refractivity contribution in [3.8, 4) is 0 Å². The first-order valence-electron chi connectivity index (χ1n) is 12.5. The van der Waals surface area contributed by atoms with Gasteiger partial charge in [-0.25, -0.2) is 0 Å². The summed E-state index contributed by atoms with van der Waals surface area (Å²) in [6.07, 6.45) is 16.7. The van der Waals surface area contributed by atoms with E-state index >= 15 is 0 Å². The Hall–Kier alpha value is -1.53. The first kappa shape index (κ1) is 21.3. The van der Waals surface area contributed by atoms with E-state index in [9.17, 15) is 0 Å². The van der Waals surface area contributed by atoms with Crippen LogP contribution < -0.4 is 0 Å². The topological polar surface area (TPSA) is 0 Å². The van der Waals surface area contributed by atoms with Crippen molar-refractivity contribution >= 4 is 11.6 Å². The Morgan fingerprint density at radius 2 is 1.87 bits per heavy atom. The highest BCUT2D eigenvalue weighted by Gasteiger charge is 2.68. The van der Waals surface area contributed by atoms with Crippen molar-refractivity contribution in [2.24, 2.45) is 11.8 Å². The van der Waals surface area contributed by atoms with Gasteiger partial charge in [0.2, 0.25) is 0 Å². The molecule has 0 aromatic heterocycles. The first-order valence-corrected chi connectivity index (χ1v) is 12.8. The fraction of sp³-hybridized carbons (Fsp3) is 0.533. The standard InChI is InChI=1S/C30H37Cl/c1-6-11-19(3)22(7-2)23-17-27-29(4,5)24-15-14-21(31)16-25(24)30(27)18-26(30)28(23)20-12-9-8-10-13-20/h7,11,14-17,20,26H,6,8-10,12-13,18H2,1-5H3/b19-11-,22-7+/t26?,30-/m0/s1. The van der Waals surface area contributed by atoms with Gasteiger partial charge in [-0.15, -0.1) is 0 Å². The van der Waals surface area contributed by atoms with Gasteiger partial charge in [0, 0.05) is 15.9 Å². The second kappa shape index (κ2) is 7.51. The van der Waals surface area contributed by atoms with E-state index in [-0.39, 0.29) is 10.8 Å². The highest BCUT2D eigenvalue weighted by atomic mass is 35.5. The molecule has 1 aromatic carbocycles. The molecule has 0 radical (unpaired) electrons. The number of benzene rings is 1. The second-order valence-corrected chi connectivity index (χ2v) is 11.2. The highest BCUT2D eigenvalue weighted by molar-refractivity contribution is 6.30. The van der Waals surface area contributed by atoms with E-state index in [1.807, 2.05) is 0 Å². The zero-order valence-electron chi connectivity index (χ0n) is 19.9. The van der Waals surface area contributed by atoms with Crippen LogP contribution in [-0.2, 0) is 10.8 Å². The van der Waals surface area contributed by atoms with Crippen molar-refractivity contribution in [1.82, 2.24) is 0 Å². The molecule has 4 aliphatic carbocycles. The average molecular weight is 433 g/mol. The molecule has 0 N–H and O–H groups in total. The van der Waals surface area contributed by atoms with Gasteiger partial charge in [0.1, 0.15) is 0 Å². The lowest BCUT2D eigenvalue weighted by Gasteiger charge is -2.35. The van der Waals surface area contributed by atoms with Crippen molar-refractivity contribution < 1.29 is 0 Å². The van der Waals surface area contributed by atoms with Gasteiger partial charge in [0.05, 0.1) is 0 Å². The summed E-state index contributed by atoms with van der Waals surface area (Å²) < 4.78 is 0. The molecule has 0 saturated heterocycles. The third-order valence-corrected chi connectivity index (χ3v) is 9.02. The first-order chi connectivity index (χ1) is 14.9. The molecule has 1 aromatic rings. The van der Waals surface area contributed by atoms with Gasteiger partial charge < -0.3 is 0 Å². The molecule has 2 fully saturated rings. The third kappa shape index (κ3) is 3.01. The van der Waals surface area contributed by atoms with Crippen LogP contribution in [0.4, 0.5) is 0 Å². The molecule has 5 rings (SSSR count). The van der Waals surface area contributed by atoms with Gasteiger partial charge in [0.25, 0.3) is 0 Å². The number of allylic oxidation sites excluding steroid dienone is 8. The largest absolute Gasteiger partial charge is 0.0843 e. The van der Waals surface area contributed by atoms with Crippen molar-refractivity contribution in [3.63, 3.8) is 0 Å². The summed E-state index contributed by atoms with van der Waals surface area (Å²) in [5, 5.41) is 0.890. The molecule has 0 bridgehead atoms. The van der Waals surface area contributed by atoms with Crippen molar-refractivity contribution in [1.29, 1.82) is 0 Å². The van der Waals surface area contributed by atoms with E-state index in [0.717, 1.165) is 17.4 Å². The molecule has 164 valence electrons. The van der Waals surface area contributed by atoms with Crippen molar-refractivity contribution in [2.45, 2.75) is 90.4 Å². The van der Waals surface area contributed by atoms with Crippen LogP contribution in [0.1, 0.15) is 90.7 Å². The van der Waals surface area contributed by atoms with Crippen LogP contribution in [0.5, 0.6) is 0 Å². The Morgan fingerprint density at radius 1 is 1.13 bits per heavy atom. The van der Waals surface area contributed by atoms with Crippen LogP contribution in [0.3, 0.4) is 0 Å². The molecular formula is C30H37Cl. The molecule has 31 heavy (non-hydrogen) atoms. The normalized spacial score (nSPS) is 30.0. The van der Waals surface area contributed by atoms with Gasteiger partial charge in [0.15, 0.2) is 0 Å². The zero-order chi connectivity index (χ0) is 22.0. The third-order valence-electron chi connectivity index (χ3n) is 8.78. The Bertz CT molecular complexity index is 1040. The molecule has 4 aliphatic rings. The summed E-state index contributed by atoms with van der Waals surface area (Å²) in [6.45, 7) is 11.7. The zero-order valence-corrected chi connectivity index (χ0v) is 20.7. The number of halogens is 1. The van der Waals surface area contributed by atoms with E-state index in [0.29, 0.717) is 5.92 Å². The minimum Gasteiger partial charge on any atom is -0.0843 e. The maximum Gasteiger partial charge on any atom is 0.0409 e. The molecule has 0 nitrogen and oxygen atoms in total. The number of hydrogen-bond donors (Lipinski definition) is 0. The molecular weight excluding hydrogens is 396 g/mol. The number of rotatable bonds is 4. The van der Waals surface area contributed by atoms with Crippen LogP contribution in [0.15, 0.2) is 64.3 Å². The Labute approximate surface area is 194 Å². The second-order valence-electron chi connectivity index (χ2n) is 10.8. The van der Waals surface area contributed by atoms with Gasteiger partial charge in [-0.1, -0.05) is 81.5 Å². The van der Waals surface area contributed by atoms with Crippen LogP contribution in [-0.4, -0.2) is 0 Å². The van der Waals surface area contributed by atoms with E-state index < -0.39 is 0 Å².